The van der Waals surface area contributed by atoms with Gasteiger partial charge in [0.05, 0.1) is 0 Å². The van der Waals surface area contributed by atoms with Crippen LogP contribution in [0.5, 0.6) is 0 Å². The normalized spacial score (nSPS) is 19.8. The molecule has 0 bridgehead atoms. The molecule has 0 spiro atoms. The van der Waals surface area contributed by atoms with Crippen molar-refractivity contribution in [1.29, 1.82) is 0 Å². The van der Waals surface area contributed by atoms with E-state index in [1.807, 2.05) is 0 Å². The Balaban J connectivity index is 2.38. The van der Waals surface area contributed by atoms with Crippen LogP contribution in [-0.2, 0) is 4.74 Å². The Labute approximate surface area is 71.3 Å². The minimum atomic E-state index is -0.378. The predicted molar refractivity (Wildman–Crippen MR) is 42.9 cm³/mol. The van der Waals surface area contributed by atoms with Gasteiger partial charge in [0.25, 0.3) is 0 Å². The fourth-order valence-electron chi connectivity index (χ4n) is 1.22. The summed E-state index contributed by atoms with van der Waals surface area (Å²) in [6, 6.07) is 0.272. The van der Waals surface area contributed by atoms with Crippen LogP contribution in [0.25, 0.3) is 0 Å². The summed E-state index contributed by atoms with van der Waals surface area (Å²) >= 11 is 5.31. The molecule has 1 rings (SSSR count). The summed E-state index contributed by atoms with van der Waals surface area (Å²) in [6.07, 6.45) is 1.80. The van der Waals surface area contributed by atoms with Gasteiger partial charge in [-0.2, -0.15) is 0 Å². The Morgan fingerprint density at radius 1 is 1.55 bits per heavy atom. The molecular formula is C7H12ClNO2. The number of hydrogen-bond donors (Lipinski definition) is 0. The van der Waals surface area contributed by atoms with Crippen LogP contribution in [0.2, 0.25) is 0 Å². The van der Waals surface area contributed by atoms with Crippen LogP contribution < -0.4 is 0 Å². The summed E-state index contributed by atoms with van der Waals surface area (Å²) in [4.78, 5) is 12.3. The number of halogens is 1. The first-order valence-corrected chi connectivity index (χ1v) is 4.09. The van der Waals surface area contributed by atoms with Gasteiger partial charge in [-0.05, 0) is 24.4 Å². The minimum Gasteiger partial charge on any atom is -0.381 e. The highest BCUT2D eigenvalue weighted by Crippen LogP contribution is 2.13. The predicted octanol–water partition coefficient (Wildman–Crippen LogP) is 1.46. The molecule has 0 unspecified atom stereocenters. The van der Waals surface area contributed by atoms with Gasteiger partial charge in [0.15, 0.2) is 0 Å². The van der Waals surface area contributed by atoms with Crippen molar-refractivity contribution in [3.8, 4) is 0 Å². The lowest BCUT2D eigenvalue weighted by Crippen LogP contribution is -2.37. The van der Waals surface area contributed by atoms with Crippen LogP contribution in [0.4, 0.5) is 4.79 Å². The third kappa shape index (κ3) is 2.34. The quantitative estimate of drug-likeness (QED) is 0.448. The highest BCUT2D eigenvalue weighted by atomic mass is 35.5. The zero-order valence-electron chi connectivity index (χ0n) is 6.55. The van der Waals surface area contributed by atoms with Crippen molar-refractivity contribution in [3.63, 3.8) is 0 Å². The molecule has 1 aliphatic heterocycles. The van der Waals surface area contributed by atoms with Gasteiger partial charge < -0.3 is 9.64 Å². The summed E-state index contributed by atoms with van der Waals surface area (Å²) in [6.45, 7) is 1.47. The number of rotatable bonds is 1. The number of nitrogens with zero attached hydrogens (tertiary/aromatic N) is 1. The van der Waals surface area contributed by atoms with Gasteiger partial charge in [-0.3, -0.25) is 4.79 Å². The van der Waals surface area contributed by atoms with Gasteiger partial charge >= 0.3 is 5.37 Å². The second-order valence-electron chi connectivity index (χ2n) is 2.71. The molecule has 0 saturated carbocycles. The van der Waals surface area contributed by atoms with Gasteiger partial charge in [0.2, 0.25) is 0 Å². The molecule has 1 saturated heterocycles. The van der Waals surface area contributed by atoms with Crippen molar-refractivity contribution < 1.29 is 9.53 Å². The zero-order valence-corrected chi connectivity index (χ0v) is 7.30. The number of amides is 1. The topological polar surface area (TPSA) is 29.5 Å². The second kappa shape index (κ2) is 3.93. The van der Waals surface area contributed by atoms with Crippen molar-refractivity contribution in [1.82, 2.24) is 4.90 Å². The molecule has 0 aliphatic carbocycles. The highest BCUT2D eigenvalue weighted by Gasteiger charge is 2.20. The molecule has 0 radical (unpaired) electrons. The Morgan fingerprint density at radius 2 is 2.09 bits per heavy atom. The molecule has 1 amide bonds. The summed E-state index contributed by atoms with van der Waals surface area (Å²) < 4.78 is 5.15. The van der Waals surface area contributed by atoms with Crippen LogP contribution in [-0.4, -0.2) is 36.6 Å². The molecule has 0 N–H and O–H groups in total. The number of hydrogen-bond acceptors (Lipinski definition) is 2. The van der Waals surface area contributed by atoms with E-state index in [0.717, 1.165) is 26.1 Å². The number of ether oxygens (including phenoxy) is 1. The average Bonchev–Trinajstić information content (AvgIpc) is 2.05. The summed E-state index contributed by atoms with van der Waals surface area (Å²) in [5.41, 5.74) is 0. The molecule has 0 aromatic carbocycles. The highest BCUT2D eigenvalue weighted by molar-refractivity contribution is 6.62. The monoisotopic (exact) mass is 177 g/mol. The van der Waals surface area contributed by atoms with Crippen molar-refractivity contribution in [2.75, 3.05) is 20.3 Å². The van der Waals surface area contributed by atoms with E-state index >= 15 is 0 Å². The first kappa shape index (κ1) is 8.81. The van der Waals surface area contributed by atoms with Crippen LogP contribution in [0, 0.1) is 0 Å². The average molecular weight is 178 g/mol. The van der Waals surface area contributed by atoms with Gasteiger partial charge in [-0.1, -0.05) is 0 Å². The molecule has 1 fully saturated rings. The van der Waals surface area contributed by atoms with Gasteiger partial charge in [-0.15, -0.1) is 0 Å². The van der Waals surface area contributed by atoms with Crippen molar-refractivity contribution >= 4 is 17.0 Å². The summed E-state index contributed by atoms with van der Waals surface area (Å²) in [5, 5.41) is -0.378. The van der Waals surface area contributed by atoms with Gasteiger partial charge in [0, 0.05) is 26.3 Å². The zero-order chi connectivity index (χ0) is 8.27. The smallest absolute Gasteiger partial charge is 0.316 e. The first-order chi connectivity index (χ1) is 5.22. The van der Waals surface area contributed by atoms with E-state index in [-0.39, 0.29) is 11.4 Å². The van der Waals surface area contributed by atoms with Crippen molar-refractivity contribution in [2.24, 2.45) is 0 Å². The lowest BCUT2D eigenvalue weighted by Gasteiger charge is -2.29. The molecule has 3 nitrogen and oxygen atoms in total. The maximum atomic E-state index is 10.7. The number of carbonyl (C=O) groups is 1. The van der Waals surface area contributed by atoms with E-state index in [9.17, 15) is 4.79 Å². The third-order valence-electron chi connectivity index (χ3n) is 2.02. The van der Waals surface area contributed by atoms with E-state index < -0.39 is 0 Å². The number of carbonyl (C=O) groups excluding carboxylic acids is 1. The maximum absolute atomic E-state index is 10.7. The molecule has 1 heterocycles. The lowest BCUT2D eigenvalue weighted by molar-refractivity contribution is 0.0558. The van der Waals surface area contributed by atoms with Crippen LogP contribution in [0.3, 0.4) is 0 Å². The first-order valence-electron chi connectivity index (χ1n) is 3.72. The lowest BCUT2D eigenvalue weighted by atomic mass is 10.1. The SMILES string of the molecule is CN(C(=O)Cl)C1CCOCC1. The second-order valence-corrected chi connectivity index (χ2v) is 3.03. The van der Waals surface area contributed by atoms with Gasteiger partial charge in [-0.25, -0.2) is 0 Å². The molecule has 0 aromatic heterocycles. The van der Waals surface area contributed by atoms with E-state index in [1.165, 1.54) is 0 Å². The van der Waals surface area contributed by atoms with Crippen LogP contribution in [0.1, 0.15) is 12.8 Å². The van der Waals surface area contributed by atoms with Crippen molar-refractivity contribution in [3.05, 3.63) is 0 Å². The van der Waals surface area contributed by atoms with E-state index in [0.29, 0.717) is 0 Å². The fraction of sp³-hybridized carbons (Fsp3) is 0.857. The largest absolute Gasteiger partial charge is 0.381 e. The van der Waals surface area contributed by atoms with Gasteiger partial charge in [0.1, 0.15) is 0 Å². The summed E-state index contributed by atoms with van der Waals surface area (Å²) in [7, 11) is 1.73. The van der Waals surface area contributed by atoms with E-state index in [1.54, 1.807) is 11.9 Å². The fourth-order valence-corrected chi connectivity index (χ4v) is 1.35. The summed E-state index contributed by atoms with van der Waals surface area (Å²) in [5.74, 6) is 0. The molecule has 4 heteroatoms. The Morgan fingerprint density at radius 3 is 2.55 bits per heavy atom. The Kier molecular flexibility index (Phi) is 3.15. The molecule has 1 aliphatic rings. The molecule has 0 aromatic rings. The Bertz CT molecular complexity index is 145. The van der Waals surface area contributed by atoms with E-state index in [4.69, 9.17) is 16.3 Å². The van der Waals surface area contributed by atoms with Crippen molar-refractivity contribution in [2.45, 2.75) is 18.9 Å². The molecular weight excluding hydrogens is 166 g/mol. The van der Waals surface area contributed by atoms with Crippen LogP contribution >= 0.6 is 11.6 Å². The minimum absolute atomic E-state index is 0.272. The Hall–Kier alpha value is -0.280. The van der Waals surface area contributed by atoms with Crippen LogP contribution in [0.15, 0.2) is 0 Å². The molecule has 64 valence electrons. The standard InChI is InChI=1S/C7H12ClNO2/c1-9(7(8)10)6-2-4-11-5-3-6/h6H,2-5H2,1H3. The third-order valence-corrected chi connectivity index (χ3v) is 2.28. The molecule has 11 heavy (non-hydrogen) atoms. The maximum Gasteiger partial charge on any atom is 0.316 e. The van der Waals surface area contributed by atoms with E-state index in [2.05, 4.69) is 0 Å². The molecule has 0 atom stereocenters.